The van der Waals surface area contributed by atoms with Crippen LogP contribution in [0.5, 0.6) is 5.88 Å². The maximum absolute atomic E-state index is 6.15. The summed E-state index contributed by atoms with van der Waals surface area (Å²) in [5.41, 5.74) is 4.11. The number of likely N-dealkylation sites (tertiary alicyclic amines) is 1. The Bertz CT molecular complexity index is 1260. The minimum absolute atomic E-state index is 0.213. The van der Waals surface area contributed by atoms with E-state index in [0.29, 0.717) is 5.88 Å². The van der Waals surface area contributed by atoms with E-state index in [0.717, 1.165) is 60.2 Å². The summed E-state index contributed by atoms with van der Waals surface area (Å²) < 4.78 is 6.15. The number of nitrogens with zero attached hydrogens (tertiary/aromatic N) is 4. The standard InChI is InChI=1S/C28H31N5O/c1-20(21-9-12-29-28(18-21)34-25-10-14-32(2)15-11-25)31-27-17-24-16-22(7-8-23(24)19-30-27)26-6-4-5-13-33(26)3/h5-9,12-13,16-19,25H,1,4,10-11,14-15H2,2-3H3,(H,30,31). The van der Waals surface area contributed by atoms with Gasteiger partial charge in [-0.15, -0.1) is 0 Å². The van der Waals surface area contributed by atoms with Crippen LogP contribution >= 0.6 is 0 Å². The fraction of sp³-hybridized carbons (Fsp3) is 0.286. The molecule has 6 heteroatoms. The first-order valence-electron chi connectivity index (χ1n) is 11.8. The first-order valence-corrected chi connectivity index (χ1v) is 11.8. The molecule has 0 bridgehead atoms. The van der Waals surface area contributed by atoms with Gasteiger partial charge in [0.15, 0.2) is 0 Å². The fourth-order valence-electron chi connectivity index (χ4n) is 4.47. The number of rotatable bonds is 6. The Hall–Kier alpha value is -3.64. The smallest absolute Gasteiger partial charge is 0.214 e. The summed E-state index contributed by atoms with van der Waals surface area (Å²) in [5.74, 6) is 1.40. The number of pyridine rings is 2. The van der Waals surface area contributed by atoms with Gasteiger partial charge in [0, 0.05) is 67.1 Å². The maximum atomic E-state index is 6.15. The third kappa shape index (κ3) is 4.97. The van der Waals surface area contributed by atoms with Crippen molar-refractivity contribution in [2.75, 3.05) is 32.5 Å². The van der Waals surface area contributed by atoms with Crippen LogP contribution < -0.4 is 10.1 Å². The van der Waals surface area contributed by atoms with Crippen LogP contribution in [0, 0.1) is 0 Å². The minimum Gasteiger partial charge on any atom is -0.474 e. The van der Waals surface area contributed by atoms with Crippen LogP contribution in [0.25, 0.3) is 22.2 Å². The molecule has 4 heterocycles. The second-order valence-electron chi connectivity index (χ2n) is 9.06. The number of anilines is 1. The lowest BCUT2D eigenvalue weighted by molar-refractivity contribution is 0.110. The molecule has 0 amide bonds. The van der Waals surface area contributed by atoms with Crippen LogP contribution in [-0.2, 0) is 0 Å². The van der Waals surface area contributed by atoms with Crippen LogP contribution in [0.15, 0.2) is 73.7 Å². The molecule has 0 aliphatic carbocycles. The van der Waals surface area contributed by atoms with Gasteiger partial charge in [0.2, 0.25) is 5.88 Å². The predicted octanol–water partition coefficient (Wildman–Crippen LogP) is 5.38. The second-order valence-corrected chi connectivity index (χ2v) is 9.06. The summed E-state index contributed by atoms with van der Waals surface area (Å²) in [6.45, 7) is 6.34. The molecule has 2 aliphatic heterocycles. The van der Waals surface area contributed by atoms with Gasteiger partial charge in [-0.05, 0) is 55.5 Å². The largest absolute Gasteiger partial charge is 0.474 e. The summed E-state index contributed by atoms with van der Waals surface area (Å²) >= 11 is 0. The number of ether oxygens (including phenoxy) is 1. The summed E-state index contributed by atoms with van der Waals surface area (Å²) in [6, 6.07) is 12.5. The third-order valence-electron chi connectivity index (χ3n) is 6.49. The molecule has 0 atom stereocenters. The first-order chi connectivity index (χ1) is 16.5. The minimum atomic E-state index is 0.213. The number of nitrogens with one attached hydrogen (secondary N) is 1. The normalized spacial score (nSPS) is 17.0. The summed E-state index contributed by atoms with van der Waals surface area (Å²) in [7, 11) is 4.23. The molecule has 2 aliphatic rings. The zero-order chi connectivity index (χ0) is 23.5. The van der Waals surface area contributed by atoms with E-state index >= 15 is 0 Å². The Morgan fingerprint density at radius 3 is 2.74 bits per heavy atom. The van der Waals surface area contributed by atoms with E-state index in [9.17, 15) is 0 Å². The molecule has 0 unspecified atom stereocenters. The number of allylic oxidation sites excluding steroid dienone is 2. The molecule has 1 fully saturated rings. The van der Waals surface area contributed by atoms with Crippen molar-refractivity contribution in [2.45, 2.75) is 25.4 Å². The van der Waals surface area contributed by atoms with Crippen LogP contribution in [0.3, 0.4) is 0 Å². The van der Waals surface area contributed by atoms with Crippen molar-refractivity contribution in [3.8, 4) is 5.88 Å². The number of piperidine rings is 1. The Kier molecular flexibility index (Phi) is 6.32. The van der Waals surface area contributed by atoms with Gasteiger partial charge in [-0.1, -0.05) is 30.9 Å². The van der Waals surface area contributed by atoms with E-state index in [-0.39, 0.29) is 6.10 Å². The number of fused-ring (bicyclic) bond motifs is 1. The van der Waals surface area contributed by atoms with Gasteiger partial charge in [-0.25, -0.2) is 9.97 Å². The van der Waals surface area contributed by atoms with Crippen molar-refractivity contribution < 1.29 is 4.74 Å². The highest BCUT2D eigenvalue weighted by Gasteiger charge is 2.18. The summed E-state index contributed by atoms with van der Waals surface area (Å²) in [6.07, 6.45) is 13.4. The van der Waals surface area contributed by atoms with E-state index in [1.807, 2.05) is 18.3 Å². The number of benzene rings is 1. The highest BCUT2D eigenvalue weighted by Crippen LogP contribution is 2.28. The van der Waals surface area contributed by atoms with E-state index in [2.05, 4.69) is 88.4 Å². The van der Waals surface area contributed by atoms with Crippen molar-refractivity contribution in [2.24, 2.45) is 0 Å². The van der Waals surface area contributed by atoms with Crippen molar-refractivity contribution in [3.63, 3.8) is 0 Å². The monoisotopic (exact) mass is 453 g/mol. The van der Waals surface area contributed by atoms with Crippen molar-refractivity contribution in [1.82, 2.24) is 19.8 Å². The molecule has 0 spiro atoms. The quantitative estimate of drug-likeness (QED) is 0.541. The van der Waals surface area contributed by atoms with Gasteiger partial charge in [0.1, 0.15) is 11.9 Å². The van der Waals surface area contributed by atoms with Crippen LogP contribution in [-0.4, -0.2) is 53.1 Å². The summed E-state index contributed by atoms with van der Waals surface area (Å²) in [4.78, 5) is 13.5. The maximum Gasteiger partial charge on any atom is 0.214 e. The van der Waals surface area contributed by atoms with E-state index in [1.54, 1.807) is 6.20 Å². The topological polar surface area (TPSA) is 53.5 Å². The Labute approximate surface area is 201 Å². The molecule has 174 valence electrons. The zero-order valence-electron chi connectivity index (χ0n) is 19.9. The highest BCUT2D eigenvalue weighted by atomic mass is 16.5. The van der Waals surface area contributed by atoms with Gasteiger partial charge >= 0.3 is 0 Å². The van der Waals surface area contributed by atoms with Gasteiger partial charge in [-0.2, -0.15) is 0 Å². The molecule has 34 heavy (non-hydrogen) atoms. The van der Waals surface area contributed by atoms with Crippen molar-refractivity contribution >= 4 is 28.0 Å². The average molecular weight is 454 g/mol. The lowest BCUT2D eigenvalue weighted by atomic mass is 10.0. The van der Waals surface area contributed by atoms with Crippen LogP contribution in [0.1, 0.15) is 30.4 Å². The molecule has 0 saturated carbocycles. The molecule has 3 aromatic rings. The molecule has 1 N–H and O–H groups in total. The highest BCUT2D eigenvalue weighted by molar-refractivity contribution is 5.88. The molecule has 6 nitrogen and oxygen atoms in total. The molecule has 0 radical (unpaired) electrons. The van der Waals surface area contributed by atoms with Crippen LogP contribution in [0.2, 0.25) is 0 Å². The number of hydrogen-bond acceptors (Lipinski definition) is 6. The SMILES string of the molecule is C=C(Nc1cc2cc(C3=CCC=CN3C)ccc2cn1)c1ccnc(OC2CCN(C)CC2)c1. The van der Waals surface area contributed by atoms with Gasteiger partial charge < -0.3 is 19.9 Å². The molecular weight excluding hydrogens is 422 g/mol. The molecular formula is C28H31N5O. The van der Waals surface area contributed by atoms with E-state index < -0.39 is 0 Å². The van der Waals surface area contributed by atoms with Gasteiger partial charge in [0.05, 0.1) is 0 Å². The third-order valence-corrected chi connectivity index (χ3v) is 6.49. The Balaban J connectivity index is 1.31. The van der Waals surface area contributed by atoms with E-state index in [4.69, 9.17) is 4.74 Å². The molecule has 5 rings (SSSR count). The van der Waals surface area contributed by atoms with Crippen molar-refractivity contribution in [3.05, 3.63) is 84.8 Å². The molecule has 2 aromatic heterocycles. The molecule has 1 saturated heterocycles. The fourth-order valence-corrected chi connectivity index (χ4v) is 4.47. The van der Waals surface area contributed by atoms with Gasteiger partial charge in [-0.3, -0.25) is 0 Å². The first kappa shape index (κ1) is 22.2. The Morgan fingerprint density at radius 1 is 1.06 bits per heavy atom. The lowest BCUT2D eigenvalue weighted by Gasteiger charge is -2.29. The number of aromatic nitrogens is 2. The van der Waals surface area contributed by atoms with Crippen molar-refractivity contribution in [1.29, 1.82) is 0 Å². The Morgan fingerprint density at radius 2 is 1.91 bits per heavy atom. The van der Waals surface area contributed by atoms with Gasteiger partial charge in [0.25, 0.3) is 0 Å². The van der Waals surface area contributed by atoms with E-state index in [1.165, 1.54) is 11.3 Å². The summed E-state index contributed by atoms with van der Waals surface area (Å²) in [5, 5.41) is 5.60. The number of hydrogen-bond donors (Lipinski definition) is 1. The average Bonchev–Trinajstić information content (AvgIpc) is 2.85. The molecule has 1 aromatic carbocycles. The van der Waals surface area contributed by atoms with Crippen LogP contribution in [0.4, 0.5) is 5.82 Å². The zero-order valence-corrected chi connectivity index (χ0v) is 19.9. The second kappa shape index (κ2) is 9.69. The predicted molar refractivity (Wildman–Crippen MR) is 139 cm³/mol. The lowest BCUT2D eigenvalue weighted by Crippen LogP contribution is -2.35.